The maximum Gasteiger partial charge on any atom is 0.178 e. The first kappa shape index (κ1) is 10.7. The zero-order valence-corrected chi connectivity index (χ0v) is 9.32. The molecule has 0 spiro atoms. The van der Waals surface area contributed by atoms with Crippen LogP contribution in [0.4, 0.5) is 4.39 Å². The van der Waals surface area contributed by atoms with Gasteiger partial charge in [0.2, 0.25) is 0 Å². The fourth-order valence-electron chi connectivity index (χ4n) is 0.915. The van der Waals surface area contributed by atoms with Crippen molar-refractivity contribution in [2.24, 2.45) is 0 Å². The molecular formula is C8H8BrFO2S. The third-order valence-corrected chi connectivity index (χ3v) is 3.31. The number of hydrogen-bond acceptors (Lipinski definition) is 2. The molecule has 0 radical (unpaired) electrons. The standard InChI is InChI=1S/C8H8BrFO2S/c1-13(11,12)8-4-6(5-9)2-3-7(8)10/h2-4H,5H2,1H3. The Labute approximate surface area is 84.8 Å². The van der Waals surface area contributed by atoms with Crippen molar-refractivity contribution in [3.8, 4) is 0 Å². The Hall–Kier alpha value is -0.420. The van der Waals surface area contributed by atoms with Crippen LogP contribution in [0, 0.1) is 5.82 Å². The zero-order chi connectivity index (χ0) is 10.1. The molecule has 13 heavy (non-hydrogen) atoms. The lowest BCUT2D eigenvalue weighted by atomic mass is 10.2. The van der Waals surface area contributed by atoms with E-state index in [0.717, 1.165) is 17.9 Å². The molecule has 1 aromatic carbocycles. The first-order chi connectivity index (χ1) is 5.95. The number of benzene rings is 1. The summed E-state index contributed by atoms with van der Waals surface area (Å²) in [6, 6.07) is 4.03. The van der Waals surface area contributed by atoms with Crippen LogP contribution < -0.4 is 0 Å². The molecule has 0 aliphatic carbocycles. The molecule has 0 bridgehead atoms. The van der Waals surface area contributed by atoms with E-state index in [-0.39, 0.29) is 4.90 Å². The van der Waals surface area contributed by atoms with Gasteiger partial charge in [-0.05, 0) is 17.7 Å². The average Bonchev–Trinajstić information content (AvgIpc) is 2.03. The summed E-state index contributed by atoms with van der Waals surface area (Å²) < 4.78 is 35.1. The van der Waals surface area contributed by atoms with E-state index in [4.69, 9.17) is 0 Å². The molecule has 0 aromatic heterocycles. The molecule has 0 unspecified atom stereocenters. The average molecular weight is 267 g/mol. The van der Waals surface area contributed by atoms with E-state index in [9.17, 15) is 12.8 Å². The molecule has 0 amide bonds. The quantitative estimate of drug-likeness (QED) is 0.769. The highest BCUT2D eigenvalue weighted by Crippen LogP contribution is 2.17. The fraction of sp³-hybridized carbons (Fsp3) is 0.250. The van der Waals surface area contributed by atoms with Crippen LogP contribution in [0.3, 0.4) is 0 Å². The summed E-state index contributed by atoms with van der Waals surface area (Å²) in [5.74, 6) is -0.702. The maximum absolute atomic E-state index is 13.0. The predicted octanol–water partition coefficient (Wildman–Crippen LogP) is 2.12. The Kier molecular flexibility index (Phi) is 3.08. The van der Waals surface area contributed by atoms with Gasteiger partial charge in [-0.15, -0.1) is 0 Å². The number of hydrogen-bond donors (Lipinski definition) is 0. The van der Waals surface area contributed by atoms with Gasteiger partial charge in [0, 0.05) is 11.6 Å². The van der Waals surface area contributed by atoms with E-state index in [1.807, 2.05) is 0 Å². The number of sulfone groups is 1. The zero-order valence-electron chi connectivity index (χ0n) is 6.92. The van der Waals surface area contributed by atoms with Crippen molar-refractivity contribution in [1.82, 2.24) is 0 Å². The van der Waals surface area contributed by atoms with Gasteiger partial charge in [-0.25, -0.2) is 12.8 Å². The second-order valence-corrected chi connectivity index (χ2v) is 5.22. The van der Waals surface area contributed by atoms with Crippen molar-refractivity contribution < 1.29 is 12.8 Å². The summed E-state index contributed by atoms with van der Waals surface area (Å²) in [5, 5.41) is 0.510. The van der Waals surface area contributed by atoms with E-state index >= 15 is 0 Å². The molecule has 2 nitrogen and oxygen atoms in total. The van der Waals surface area contributed by atoms with Crippen LogP contribution in [0.25, 0.3) is 0 Å². The lowest BCUT2D eigenvalue weighted by molar-refractivity contribution is 0.570. The topological polar surface area (TPSA) is 34.1 Å². The van der Waals surface area contributed by atoms with Crippen molar-refractivity contribution in [3.05, 3.63) is 29.6 Å². The van der Waals surface area contributed by atoms with Gasteiger partial charge in [-0.2, -0.15) is 0 Å². The third-order valence-electron chi connectivity index (χ3n) is 1.55. The Balaban J connectivity index is 3.36. The van der Waals surface area contributed by atoms with Gasteiger partial charge in [-0.1, -0.05) is 22.0 Å². The molecule has 0 N–H and O–H groups in total. The molecule has 0 atom stereocenters. The van der Waals surface area contributed by atoms with E-state index in [0.29, 0.717) is 5.33 Å². The summed E-state index contributed by atoms with van der Waals surface area (Å²) in [6.07, 6.45) is 0.990. The predicted molar refractivity (Wildman–Crippen MR) is 52.1 cm³/mol. The number of rotatable bonds is 2. The van der Waals surface area contributed by atoms with Gasteiger partial charge >= 0.3 is 0 Å². The van der Waals surface area contributed by atoms with Crippen LogP contribution in [-0.2, 0) is 15.2 Å². The van der Waals surface area contributed by atoms with Crippen LogP contribution in [0.5, 0.6) is 0 Å². The van der Waals surface area contributed by atoms with Crippen molar-refractivity contribution in [3.63, 3.8) is 0 Å². The Morgan fingerprint density at radius 3 is 2.54 bits per heavy atom. The van der Waals surface area contributed by atoms with Crippen LogP contribution in [0.15, 0.2) is 23.1 Å². The maximum atomic E-state index is 13.0. The Morgan fingerprint density at radius 2 is 2.08 bits per heavy atom. The molecule has 1 aromatic rings. The molecule has 72 valence electrons. The van der Waals surface area contributed by atoms with Crippen molar-refractivity contribution in [2.75, 3.05) is 6.26 Å². The Morgan fingerprint density at radius 1 is 1.46 bits per heavy atom. The first-order valence-electron chi connectivity index (χ1n) is 3.49. The summed E-state index contributed by atoms with van der Waals surface area (Å²) in [7, 11) is -3.46. The van der Waals surface area contributed by atoms with E-state index < -0.39 is 15.7 Å². The highest BCUT2D eigenvalue weighted by atomic mass is 79.9. The highest BCUT2D eigenvalue weighted by molar-refractivity contribution is 9.08. The van der Waals surface area contributed by atoms with Crippen molar-refractivity contribution in [2.45, 2.75) is 10.2 Å². The van der Waals surface area contributed by atoms with Gasteiger partial charge in [0.15, 0.2) is 9.84 Å². The van der Waals surface area contributed by atoms with Crippen LogP contribution >= 0.6 is 15.9 Å². The molecule has 0 saturated heterocycles. The second kappa shape index (κ2) is 3.75. The first-order valence-corrected chi connectivity index (χ1v) is 6.51. The molecule has 0 aliphatic heterocycles. The van der Waals surface area contributed by atoms with E-state index in [1.165, 1.54) is 6.07 Å². The molecular weight excluding hydrogens is 259 g/mol. The largest absolute Gasteiger partial charge is 0.224 e. The summed E-state index contributed by atoms with van der Waals surface area (Å²) in [5.41, 5.74) is 0.738. The molecule has 1 rings (SSSR count). The molecule has 0 heterocycles. The lowest BCUT2D eigenvalue weighted by Crippen LogP contribution is -2.01. The minimum absolute atomic E-state index is 0.246. The normalized spacial score (nSPS) is 11.6. The fourth-order valence-corrected chi connectivity index (χ4v) is 2.05. The highest BCUT2D eigenvalue weighted by Gasteiger charge is 2.13. The molecule has 0 saturated carbocycles. The van der Waals surface area contributed by atoms with Crippen LogP contribution in [-0.4, -0.2) is 14.7 Å². The summed E-state index contributed by atoms with van der Waals surface area (Å²) in [6.45, 7) is 0. The van der Waals surface area contributed by atoms with Crippen molar-refractivity contribution in [1.29, 1.82) is 0 Å². The molecule has 0 fully saturated rings. The second-order valence-electron chi connectivity index (χ2n) is 2.67. The lowest BCUT2D eigenvalue weighted by Gasteiger charge is -2.02. The Bertz CT molecular complexity index is 414. The SMILES string of the molecule is CS(=O)(=O)c1cc(CBr)ccc1F. The number of halogens is 2. The third kappa shape index (κ3) is 2.51. The van der Waals surface area contributed by atoms with E-state index in [2.05, 4.69) is 15.9 Å². The minimum atomic E-state index is -3.46. The van der Waals surface area contributed by atoms with Gasteiger partial charge in [0.1, 0.15) is 10.7 Å². The van der Waals surface area contributed by atoms with E-state index in [1.54, 1.807) is 6.07 Å². The summed E-state index contributed by atoms with van der Waals surface area (Å²) in [4.78, 5) is -0.246. The monoisotopic (exact) mass is 266 g/mol. The molecule has 5 heteroatoms. The van der Waals surface area contributed by atoms with Gasteiger partial charge in [0.25, 0.3) is 0 Å². The number of alkyl halides is 1. The van der Waals surface area contributed by atoms with Gasteiger partial charge < -0.3 is 0 Å². The van der Waals surface area contributed by atoms with Crippen molar-refractivity contribution >= 4 is 25.8 Å². The smallest absolute Gasteiger partial charge is 0.178 e. The molecule has 0 aliphatic rings. The summed E-state index contributed by atoms with van der Waals surface area (Å²) >= 11 is 3.17. The van der Waals surface area contributed by atoms with Crippen LogP contribution in [0.1, 0.15) is 5.56 Å². The van der Waals surface area contributed by atoms with Gasteiger partial charge in [-0.3, -0.25) is 0 Å². The van der Waals surface area contributed by atoms with Gasteiger partial charge in [0.05, 0.1) is 0 Å². The van der Waals surface area contributed by atoms with Crippen LogP contribution in [0.2, 0.25) is 0 Å². The minimum Gasteiger partial charge on any atom is -0.224 e.